The van der Waals surface area contributed by atoms with E-state index in [1.165, 1.54) is 0 Å². The summed E-state index contributed by atoms with van der Waals surface area (Å²) in [5.74, 6) is 3.39. The molecular formula is C69H42N10. The van der Waals surface area contributed by atoms with Crippen LogP contribution in [-0.2, 0) is 0 Å². The van der Waals surface area contributed by atoms with E-state index in [2.05, 4.69) is 100 Å². The van der Waals surface area contributed by atoms with Crippen molar-refractivity contribution in [2.75, 3.05) is 0 Å². The molecule has 0 bridgehead atoms. The molecule has 0 saturated carbocycles. The summed E-state index contributed by atoms with van der Waals surface area (Å²) in [5.41, 5.74) is 13.8. The van der Waals surface area contributed by atoms with Gasteiger partial charge in [-0.3, -0.25) is 0 Å². The molecule has 10 heteroatoms. The number of para-hydroxylation sites is 2. The van der Waals surface area contributed by atoms with Crippen molar-refractivity contribution in [1.29, 1.82) is 10.5 Å². The maximum atomic E-state index is 11.8. The average molecular weight is 1010 g/mol. The summed E-state index contributed by atoms with van der Waals surface area (Å²) in [7, 11) is 0. The molecule has 0 radical (unpaired) electrons. The van der Waals surface area contributed by atoms with E-state index in [4.69, 9.17) is 29.9 Å². The zero-order valence-electron chi connectivity index (χ0n) is 42.5. The van der Waals surface area contributed by atoms with Crippen molar-refractivity contribution in [2.45, 2.75) is 6.92 Å². The van der Waals surface area contributed by atoms with Crippen LogP contribution >= 0.6 is 0 Å². The van der Waals surface area contributed by atoms with Crippen LogP contribution in [0, 0.1) is 29.6 Å². The normalized spacial score (nSPS) is 11.3. The predicted octanol–water partition coefficient (Wildman–Crippen LogP) is 16.0. The van der Waals surface area contributed by atoms with Crippen LogP contribution in [0.15, 0.2) is 237 Å². The molecule has 368 valence electrons. The van der Waals surface area contributed by atoms with Crippen molar-refractivity contribution in [3.8, 4) is 103 Å². The van der Waals surface area contributed by atoms with Gasteiger partial charge >= 0.3 is 0 Å². The molecule has 14 aromatic rings. The molecule has 0 atom stereocenters. The lowest BCUT2D eigenvalue weighted by molar-refractivity contribution is 1.07. The van der Waals surface area contributed by atoms with Crippen molar-refractivity contribution in [2.24, 2.45) is 0 Å². The number of nitrogens with zero attached hydrogens (tertiary/aromatic N) is 10. The van der Waals surface area contributed by atoms with E-state index >= 15 is 0 Å². The fourth-order valence-electron chi connectivity index (χ4n) is 10.9. The maximum Gasteiger partial charge on any atom is 0.164 e. The Morgan fingerprint density at radius 2 is 0.633 bits per heavy atom. The minimum Gasteiger partial charge on any atom is -0.308 e. The molecule has 0 aliphatic carbocycles. The molecule has 0 spiro atoms. The molecule has 10 aromatic carbocycles. The number of benzene rings is 10. The number of aryl methyl sites for hydroxylation is 1. The lowest BCUT2D eigenvalue weighted by Crippen LogP contribution is -2.05. The summed E-state index contributed by atoms with van der Waals surface area (Å²) in [6.45, 7) is 2.00. The second kappa shape index (κ2) is 19.2. The van der Waals surface area contributed by atoms with Gasteiger partial charge in [0.25, 0.3) is 0 Å². The van der Waals surface area contributed by atoms with Crippen LogP contribution in [0.4, 0.5) is 0 Å². The first-order chi connectivity index (χ1) is 39.0. The Hall–Kier alpha value is -11.2. The molecule has 4 heterocycles. The van der Waals surface area contributed by atoms with Gasteiger partial charge in [-0.15, -0.1) is 0 Å². The van der Waals surface area contributed by atoms with Gasteiger partial charge in [0.1, 0.15) is 11.6 Å². The van der Waals surface area contributed by atoms with Crippen LogP contribution in [0.25, 0.3) is 134 Å². The highest BCUT2D eigenvalue weighted by atomic mass is 15.1. The van der Waals surface area contributed by atoms with Gasteiger partial charge in [0.2, 0.25) is 0 Å². The minimum atomic E-state index is 0.463. The van der Waals surface area contributed by atoms with Gasteiger partial charge in [0, 0.05) is 54.9 Å². The first-order valence-electron chi connectivity index (χ1n) is 25.9. The number of hydrogen-bond acceptors (Lipinski definition) is 8. The van der Waals surface area contributed by atoms with Crippen molar-refractivity contribution in [3.05, 3.63) is 253 Å². The first-order valence-corrected chi connectivity index (χ1v) is 25.9. The highest BCUT2D eigenvalue weighted by Gasteiger charge is 2.25. The topological polar surface area (TPSA) is 135 Å². The molecule has 0 saturated heterocycles. The molecule has 0 aliphatic heterocycles. The van der Waals surface area contributed by atoms with Crippen molar-refractivity contribution < 1.29 is 0 Å². The Balaban J connectivity index is 0.996. The fraction of sp³-hybridized carbons (Fsp3) is 0.0145. The average Bonchev–Trinajstić information content (AvgIpc) is 4.06. The van der Waals surface area contributed by atoms with E-state index in [0.29, 0.717) is 57.4 Å². The Bertz CT molecular complexity index is 4420. The van der Waals surface area contributed by atoms with Gasteiger partial charge in [0.05, 0.1) is 45.1 Å². The number of hydrogen-bond donors (Lipinski definition) is 0. The number of fused-ring (bicyclic) bond motifs is 6. The molecule has 10 nitrogen and oxygen atoms in total. The number of aromatic nitrogens is 8. The Morgan fingerprint density at radius 1 is 0.291 bits per heavy atom. The fourth-order valence-corrected chi connectivity index (χ4v) is 10.9. The highest BCUT2D eigenvalue weighted by Crippen LogP contribution is 2.42. The molecular weight excluding hydrogens is 969 g/mol. The third-order valence-electron chi connectivity index (χ3n) is 14.5. The third kappa shape index (κ3) is 8.21. The molecule has 0 unspecified atom stereocenters. The van der Waals surface area contributed by atoms with E-state index in [1.54, 1.807) is 0 Å². The Morgan fingerprint density at radius 3 is 1.01 bits per heavy atom. The van der Waals surface area contributed by atoms with E-state index in [0.717, 1.165) is 93.7 Å². The van der Waals surface area contributed by atoms with Gasteiger partial charge in [-0.2, -0.15) is 10.5 Å². The molecule has 0 amide bonds. The van der Waals surface area contributed by atoms with Crippen LogP contribution in [0.5, 0.6) is 0 Å². The monoisotopic (exact) mass is 1010 g/mol. The molecule has 0 fully saturated rings. The number of rotatable bonds is 9. The SMILES string of the molecule is Cc1cc(C#N)cc(-c2cc(-n3c4ccccc4c4cc(-c5nc(-c6ccccc6)nc(-c6ccccc6)n5)ccc43)c(C#N)c(-n3c4ccccc4c4cc(-c5nc(-c6ccccc6)nc(-c6ccccc6)n5)ccc43)c2)c1. The van der Waals surface area contributed by atoms with Gasteiger partial charge < -0.3 is 9.13 Å². The standard InChI is InChI=1S/C69H42N10/c1-43-34-44(41-70)36-51(35-43)52-39-62(78-58-28-16-14-26-53(58)55-37-49(30-32-60(55)78)68-74-64(45-18-6-2-7-19-45)72-65(75-68)46-20-8-3-9-21-46)57(42-71)63(40-52)79-59-29-17-15-27-54(59)56-38-50(31-33-61(56)79)69-76-66(47-22-10-4-11-23-47)73-67(77-69)48-24-12-5-13-25-48/h2-40H,1H3. The smallest absolute Gasteiger partial charge is 0.164 e. The predicted molar refractivity (Wildman–Crippen MR) is 314 cm³/mol. The van der Waals surface area contributed by atoms with Gasteiger partial charge in [0.15, 0.2) is 34.9 Å². The van der Waals surface area contributed by atoms with Crippen molar-refractivity contribution >= 4 is 43.6 Å². The molecule has 4 aromatic heterocycles. The number of nitriles is 2. The van der Waals surface area contributed by atoms with E-state index < -0.39 is 0 Å². The minimum absolute atomic E-state index is 0.463. The summed E-state index contributed by atoms with van der Waals surface area (Å²) < 4.78 is 4.39. The zero-order valence-corrected chi connectivity index (χ0v) is 42.5. The molecule has 14 rings (SSSR count). The summed E-state index contributed by atoms with van der Waals surface area (Å²) in [6.07, 6.45) is 0. The van der Waals surface area contributed by atoms with Crippen LogP contribution in [0.3, 0.4) is 0 Å². The van der Waals surface area contributed by atoms with E-state index in [1.807, 2.05) is 165 Å². The lowest BCUT2D eigenvalue weighted by Gasteiger charge is -2.19. The second-order valence-electron chi connectivity index (χ2n) is 19.4. The second-order valence-corrected chi connectivity index (χ2v) is 19.4. The van der Waals surface area contributed by atoms with E-state index in [9.17, 15) is 10.5 Å². The first kappa shape index (κ1) is 46.3. The van der Waals surface area contributed by atoms with Gasteiger partial charge in [-0.25, -0.2) is 29.9 Å². The van der Waals surface area contributed by atoms with Crippen LogP contribution in [0.1, 0.15) is 16.7 Å². The van der Waals surface area contributed by atoms with E-state index in [-0.39, 0.29) is 0 Å². The highest BCUT2D eigenvalue weighted by molar-refractivity contribution is 6.12. The largest absolute Gasteiger partial charge is 0.308 e. The molecule has 79 heavy (non-hydrogen) atoms. The Labute approximate surface area is 454 Å². The van der Waals surface area contributed by atoms with Gasteiger partial charge in [-0.1, -0.05) is 164 Å². The summed E-state index contributed by atoms with van der Waals surface area (Å²) >= 11 is 0. The quantitative estimate of drug-likeness (QED) is 0.139. The molecule has 0 aliphatic rings. The van der Waals surface area contributed by atoms with Gasteiger partial charge in [-0.05, 0) is 96.4 Å². The van der Waals surface area contributed by atoms with Crippen LogP contribution < -0.4 is 0 Å². The molecule has 0 N–H and O–H groups in total. The summed E-state index contributed by atoms with van der Waals surface area (Å²) in [6, 6.07) is 84.2. The van der Waals surface area contributed by atoms with Crippen LogP contribution in [0.2, 0.25) is 0 Å². The third-order valence-corrected chi connectivity index (χ3v) is 14.5. The Kier molecular flexibility index (Phi) is 11.3. The van der Waals surface area contributed by atoms with Crippen molar-refractivity contribution in [1.82, 2.24) is 39.0 Å². The zero-order chi connectivity index (χ0) is 53.0. The summed E-state index contributed by atoms with van der Waals surface area (Å²) in [5, 5.41) is 26.0. The summed E-state index contributed by atoms with van der Waals surface area (Å²) in [4.78, 5) is 30.2. The van der Waals surface area contributed by atoms with Crippen LogP contribution in [-0.4, -0.2) is 39.0 Å². The maximum absolute atomic E-state index is 11.8. The lowest BCUT2D eigenvalue weighted by atomic mass is 9.97. The van der Waals surface area contributed by atoms with Crippen molar-refractivity contribution in [3.63, 3.8) is 0 Å².